The topological polar surface area (TPSA) is 71.1 Å². The number of rotatable bonds is 8. The van der Waals surface area contributed by atoms with Gasteiger partial charge in [-0.2, -0.15) is 0 Å². The number of pyridine rings is 1. The van der Waals surface area contributed by atoms with E-state index in [-0.39, 0.29) is 5.91 Å². The number of carbonyl (C=O) groups is 1. The zero-order valence-electron chi connectivity index (χ0n) is 11.4. The molecule has 0 saturated heterocycles. The second-order valence-electron chi connectivity index (χ2n) is 4.04. The van der Waals surface area contributed by atoms with Crippen molar-refractivity contribution in [2.24, 2.45) is 0 Å². The van der Waals surface area contributed by atoms with Crippen LogP contribution in [0.1, 0.15) is 30.6 Å². The quantitative estimate of drug-likeness (QED) is 0.756. The fourth-order valence-electron chi connectivity index (χ4n) is 1.51. The highest BCUT2D eigenvalue weighted by molar-refractivity contribution is 7.84. The van der Waals surface area contributed by atoms with Crippen LogP contribution in [0.5, 0.6) is 0 Å². The third-order valence-electron chi connectivity index (χ3n) is 2.57. The molecule has 0 fully saturated rings. The average Bonchev–Trinajstić information content (AvgIpc) is 2.45. The minimum absolute atomic E-state index is 0.158. The largest absolute Gasteiger partial charge is 0.383 e. The summed E-state index contributed by atoms with van der Waals surface area (Å²) in [6.07, 6.45) is 4.22. The van der Waals surface area contributed by atoms with Gasteiger partial charge in [-0.25, -0.2) is 0 Å². The maximum atomic E-state index is 12.0. The number of hydrogen-bond acceptors (Lipinski definition) is 4. The van der Waals surface area contributed by atoms with Gasteiger partial charge in [0.15, 0.2) is 0 Å². The van der Waals surface area contributed by atoms with Crippen LogP contribution in [0, 0.1) is 0 Å². The Morgan fingerprint density at radius 2 is 2.16 bits per heavy atom. The SMILES string of the molecule is CCCNc1cnccc1C(=O)NCCS(=O)CC. The Kier molecular flexibility index (Phi) is 7.10. The third-order valence-corrected chi connectivity index (χ3v) is 3.87. The number of anilines is 1. The second kappa shape index (κ2) is 8.63. The van der Waals surface area contributed by atoms with Gasteiger partial charge in [0.25, 0.3) is 5.91 Å². The average molecular weight is 283 g/mol. The highest BCUT2D eigenvalue weighted by atomic mass is 32.2. The smallest absolute Gasteiger partial charge is 0.253 e. The van der Waals surface area contributed by atoms with Crippen molar-refractivity contribution in [2.75, 3.05) is 29.9 Å². The molecule has 0 saturated carbocycles. The lowest BCUT2D eigenvalue weighted by atomic mass is 10.2. The molecule has 1 unspecified atom stereocenters. The molecule has 1 aromatic rings. The molecular formula is C13H21N3O2S. The van der Waals surface area contributed by atoms with Gasteiger partial charge in [-0.05, 0) is 12.5 Å². The molecule has 1 atom stereocenters. The van der Waals surface area contributed by atoms with Gasteiger partial charge in [-0.1, -0.05) is 13.8 Å². The monoisotopic (exact) mass is 283 g/mol. The molecular weight excluding hydrogens is 262 g/mol. The molecule has 0 aliphatic rings. The van der Waals surface area contributed by atoms with Gasteiger partial charge in [0.2, 0.25) is 0 Å². The Balaban J connectivity index is 2.58. The summed E-state index contributed by atoms with van der Waals surface area (Å²) in [6, 6.07) is 1.68. The Morgan fingerprint density at radius 3 is 2.84 bits per heavy atom. The summed E-state index contributed by atoms with van der Waals surface area (Å²) in [5, 5.41) is 5.95. The number of nitrogens with zero attached hydrogens (tertiary/aromatic N) is 1. The second-order valence-corrected chi connectivity index (χ2v) is 5.90. The summed E-state index contributed by atoms with van der Waals surface area (Å²) < 4.78 is 11.3. The molecule has 19 heavy (non-hydrogen) atoms. The summed E-state index contributed by atoms with van der Waals surface area (Å²) >= 11 is 0. The van der Waals surface area contributed by atoms with Crippen molar-refractivity contribution in [1.82, 2.24) is 10.3 Å². The molecule has 0 aliphatic carbocycles. The fraction of sp³-hybridized carbons (Fsp3) is 0.538. The first-order valence-electron chi connectivity index (χ1n) is 6.50. The van der Waals surface area contributed by atoms with E-state index in [4.69, 9.17) is 0 Å². The van der Waals surface area contributed by atoms with Crippen molar-refractivity contribution in [1.29, 1.82) is 0 Å². The van der Waals surface area contributed by atoms with Gasteiger partial charge in [-0.15, -0.1) is 0 Å². The molecule has 0 aromatic carbocycles. The zero-order chi connectivity index (χ0) is 14.1. The molecule has 0 aliphatic heterocycles. The minimum atomic E-state index is -0.853. The number of amides is 1. The first-order chi connectivity index (χ1) is 9.19. The van der Waals surface area contributed by atoms with E-state index in [9.17, 15) is 9.00 Å². The molecule has 0 bridgehead atoms. The molecule has 1 rings (SSSR count). The van der Waals surface area contributed by atoms with E-state index in [1.54, 1.807) is 18.5 Å². The van der Waals surface area contributed by atoms with Crippen molar-refractivity contribution < 1.29 is 9.00 Å². The standard InChI is InChI=1S/C13H21N3O2S/c1-3-6-15-12-10-14-7-5-11(12)13(17)16-8-9-19(18)4-2/h5,7,10,15H,3-4,6,8-9H2,1-2H3,(H,16,17). The molecule has 106 valence electrons. The van der Waals surface area contributed by atoms with Gasteiger partial charge in [0.1, 0.15) is 0 Å². The van der Waals surface area contributed by atoms with Gasteiger partial charge in [-0.3, -0.25) is 14.0 Å². The van der Waals surface area contributed by atoms with E-state index in [0.29, 0.717) is 23.6 Å². The fourth-order valence-corrected chi connectivity index (χ4v) is 2.13. The van der Waals surface area contributed by atoms with Crippen LogP contribution in [-0.4, -0.2) is 39.7 Å². The molecule has 1 heterocycles. The predicted octanol–water partition coefficient (Wildman–Crippen LogP) is 1.40. The number of nitrogens with one attached hydrogen (secondary N) is 2. The van der Waals surface area contributed by atoms with E-state index in [1.165, 1.54) is 0 Å². The molecule has 2 N–H and O–H groups in total. The van der Waals surface area contributed by atoms with Crippen LogP contribution in [0.4, 0.5) is 5.69 Å². The maximum absolute atomic E-state index is 12.0. The van der Waals surface area contributed by atoms with E-state index in [2.05, 4.69) is 22.5 Å². The Labute approximate surface area is 116 Å². The number of aromatic nitrogens is 1. The van der Waals surface area contributed by atoms with Crippen LogP contribution in [-0.2, 0) is 10.8 Å². The van der Waals surface area contributed by atoms with Crippen LogP contribution in [0.3, 0.4) is 0 Å². The zero-order valence-corrected chi connectivity index (χ0v) is 12.3. The lowest BCUT2D eigenvalue weighted by Gasteiger charge is -2.10. The Hall–Kier alpha value is -1.43. The van der Waals surface area contributed by atoms with E-state index < -0.39 is 10.8 Å². The van der Waals surface area contributed by atoms with Gasteiger partial charge in [0, 0.05) is 41.6 Å². The Bertz CT molecular complexity index is 438. The van der Waals surface area contributed by atoms with Crippen molar-refractivity contribution in [3.05, 3.63) is 24.0 Å². The minimum Gasteiger partial charge on any atom is -0.383 e. The van der Waals surface area contributed by atoms with Crippen LogP contribution in [0.25, 0.3) is 0 Å². The van der Waals surface area contributed by atoms with Crippen molar-refractivity contribution in [3.63, 3.8) is 0 Å². The van der Waals surface area contributed by atoms with Gasteiger partial charge >= 0.3 is 0 Å². The highest BCUT2D eigenvalue weighted by Crippen LogP contribution is 2.12. The molecule has 1 amide bonds. The van der Waals surface area contributed by atoms with Gasteiger partial charge in [0.05, 0.1) is 17.4 Å². The summed E-state index contributed by atoms with van der Waals surface area (Å²) in [4.78, 5) is 16.0. The molecule has 0 radical (unpaired) electrons. The summed E-state index contributed by atoms with van der Waals surface area (Å²) in [7, 11) is -0.853. The molecule has 6 heteroatoms. The Morgan fingerprint density at radius 1 is 1.37 bits per heavy atom. The van der Waals surface area contributed by atoms with Gasteiger partial charge < -0.3 is 10.6 Å². The van der Waals surface area contributed by atoms with Crippen molar-refractivity contribution in [2.45, 2.75) is 20.3 Å². The normalized spacial score (nSPS) is 11.9. The summed E-state index contributed by atoms with van der Waals surface area (Å²) in [5.41, 5.74) is 1.31. The van der Waals surface area contributed by atoms with Crippen LogP contribution < -0.4 is 10.6 Å². The molecule has 0 spiro atoms. The highest BCUT2D eigenvalue weighted by Gasteiger charge is 2.10. The van der Waals surface area contributed by atoms with E-state index in [1.807, 2.05) is 6.92 Å². The molecule has 1 aromatic heterocycles. The number of carbonyl (C=O) groups excluding carboxylic acids is 1. The van der Waals surface area contributed by atoms with E-state index in [0.717, 1.165) is 18.7 Å². The van der Waals surface area contributed by atoms with E-state index >= 15 is 0 Å². The third kappa shape index (κ3) is 5.38. The first kappa shape index (κ1) is 15.6. The van der Waals surface area contributed by atoms with Crippen LogP contribution >= 0.6 is 0 Å². The molecule has 5 nitrogen and oxygen atoms in total. The van der Waals surface area contributed by atoms with Crippen LogP contribution in [0.15, 0.2) is 18.5 Å². The lowest BCUT2D eigenvalue weighted by molar-refractivity contribution is 0.0957. The lowest BCUT2D eigenvalue weighted by Crippen LogP contribution is -2.28. The number of hydrogen-bond donors (Lipinski definition) is 2. The van der Waals surface area contributed by atoms with Crippen molar-refractivity contribution in [3.8, 4) is 0 Å². The summed E-state index contributed by atoms with van der Waals surface area (Å²) in [5.74, 6) is 0.952. The maximum Gasteiger partial charge on any atom is 0.253 e. The first-order valence-corrected chi connectivity index (χ1v) is 7.98. The van der Waals surface area contributed by atoms with Crippen LogP contribution in [0.2, 0.25) is 0 Å². The van der Waals surface area contributed by atoms with Crippen molar-refractivity contribution >= 4 is 22.4 Å². The predicted molar refractivity (Wildman–Crippen MR) is 78.9 cm³/mol. The summed E-state index contributed by atoms with van der Waals surface area (Å²) in [6.45, 7) is 5.15.